The van der Waals surface area contributed by atoms with Crippen molar-refractivity contribution in [1.29, 1.82) is 0 Å². The van der Waals surface area contributed by atoms with Gasteiger partial charge >= 0.3 is 7.60 Å². The van der Waals surface area contributed by atoms with E-state index in [-0.39, 0.29) is 12.2 Å². The zero-order valence-corrected chi connectivity index (χ0v) is 15.7. The average molecular weight is 330 g/mol. The van der Waals surface area contributed by atoms with Crippen LogP contribution in [0.1, 0.15) is 85.0 Å². The number of rotatable bonds is 7. The summed E-state index contributed by atoms with van der Waals surface area (Å²) in [4.78, 5) is 0. The Morgan fingerprint density at radius 1 is 0.818 bits per heavy atom. The summed E-state index contributed by atoms with van der Waals surface area (Å²) in [6.45, 7) is 6.11. The number of hydrogen-bond donors (Lipinski definition) is 0. The maximum absolute atomic E-state index is 13.0. The highest BCUT2D eigenvalue weighted by Crippen LogP contribution is 2.53. The molecule has 0 aromatic rings. The topological polar surface area (TPSA) is 35.5 Å². The Balaban J connectivity index is 1.87. The zero-order chi connectivity index (χ0) is 16.0. The molecule has 0 heterocycles. The lowest BCUT2D eigenvalue weighted by atomic mass is 9.86. The maximum atomic E-state index is 13.0. The summed E-state index contributed by atoms with van der Waals surface area (Å²) >= 11 is 0. The van der Waals surface area contributed by atoms with E-state index >= 15 is 0 Å². The molecule has 2 unspecified atom stereocenters. The molecule has 0 aromatic heterocycles. The van der Waals surface area contributed by atoms with Gasteiger partial charge in [0, 0.05) is 6.16 Å². The third-order valence-corrected chi connectivity index (χ3v) is 7.75. The van der Waals surface area contributed by atoms with Crippen LogP contribution in [0.15, 0.2) is 0 Å². The van der Waals surface area contributed by atoms with Crippen molar-refractivity contribution in [2.24, 2.45) is 11.8 Å². The monoisotopic (exact) mass is 330 g/mol. The first-order chi connectivity index (χ1) is 10.5. The molecule has 2 aliphatic carbocycles. The molecule has 130 valence electrons. The summed E-state index contributed by atoms with van der Waals surface area (Å²) in [6, 6.07) is 0. The van der Waals surface area contributed by atoms with Crippen LogP contribution in [0.5, 0.6) is 0 Å². The van der Waals surface area contributed by atoms with Crippen molar-refractivity contribution >= 4 is 7.60 Å². The Labute approximate surface area is 137 Å². The van der Waals surface area contributed by atoms with Crippen LogP contribution < -0.4 is 0 Å². The molecule has 0 amide bonds. The minimum absolute atomic E-state index is 0.0599. The van der Waals surface area contributed by atoms with E-state index < -0.39 is 7.60 Å². The van der Waals surface area contributed by atoms with Crippen molar-refractivity contribution in [3.8, 4) is 0 Å². The van der Waals surface area contributed by atoms with Gasteiger partial charge in [-0.3, -0.25) is 4.57 Å². The Morgan fingerprint density at radius 3 is 1.50 bits per heavy atom. The van der Waals surface area contributed by atoms with E-state index in [0.29, 0.717) is 18.0 Å². The van der Waals surface area contributed by atoms with Crippen LogP contribution in [0.25, 0.3) is 0 Å². The fourth-order valence-corrected chi connectivity index (χ4v) is 5.77. The Kier molecular flexibility index (Phi) is 7.44. The van der Waals surface area contributed by atoms with Crippen molar-refractivity contribution in [2.75, 3.05) is 6.16 Å². The van der Waals surface area contributed by atoms with Crippen molar-refractivity contribution in [1.82, 2.24) is 0 Å². The first-order valence-electron chi connectivity index (χ1n) is 9.50. The quantitative estimate of drug-likeness (QED) is 0.524. The second-order valence-electron chi connectivity index (χ2n) is 7.34. The molecule has 0 saturated heterocycles. The van der Waals surface area contributed by atoms with Gasteiger partial charge < -0.3 is 9.05 Å². The molecule has 2 rings (SSSR count). The fourth-order valence-electron chi connectivity index (χ4n) is 4.06. The normalized spacial score (nSPS) is 27.2. The number of hydrogen-bond acceptors (Lipinski definition) is 3. The third kappa shape index (κ3) is 5.35. The molecule has 0 aliphatic heterocycles. The Morgan fingerprint density at radius 2 is 1.18 bits per heavy atom. The van der Waals surface area contributed by atoms with E-state index in [0.717, 1.165) is 0 Å². The van der Waals surface area contributed by atoms with Gasteiger partial charge in [-0.2, -0.15) is 0 Å². The first kappa shape index (κ1) is 18.5. The molecule has 2 aliphatic rings. The van der Waals surface area contributed by atoms with Crippen LogP contribution in [-0.4, -0.2) is 18.4 Å². The van der Waals surface area contributed by atoms with Crippen LogP contribution in [0.2, 0.25) is 0 Å². The summed E-state index contributed by atoms with van der Waals surface area (Å²) in [5.41, 5.74) is 0. The van der Waals surface area contributed by atoms with Gasteiger partial charge in [0.25, 0.3) is 0 Å². The predicted molar refractivity (Wildman–Crippen MR) is 92.4 cm³/mol. The molecule has 0 aromatic carbocycles. The van der Waals surface area contributed by atoms with E-state index in [1.165, 1.54) is 64.2 Å². The van der Waals surface area contributed by atoms with Gasteiger partial charge in [-0.15, -0.1) is 0 Å². The van der Waals surface area contributed by atoms with Gasteiger partial charge in [-0.05, 0) is 51.4 Å². The predicted octanol–water partition coefficient (Wildman–Crippen LogP) is 6.17. The summed E-state index contributed by atoms with van der Waals surface area (Å²) in [7, 11) is -2.95. The third-order valence-electron chi connectivity index (χ3n) is 5.67. The van der Waals surface area contributed by atoms with E-state index in [1.54, 1.807) is 0 Å². The molecule has 0 radical (unpaired) electrons. The van der Waals surface area contributed by atoms with E-state index in [2.05, 4.69) is 13.8 Å². The molecule has 0 bridgehead atoms. The molecule has 0 spiro atoms. The van der Waals surface area contributed by atoms with Gasteiger partial charge in [0.15, 0.2) is 0 Å². The SMILES string of the molecule is CCP(=O)(OC(C)C1CCCCC1)OC(C)C1CCCCC1. The highest BCUT2D eigenvalue weighted by Gasteiger charge is 2.33. The first-order valence-corrected chi connectivity index (χ1v) is 11.2. The lowest BCUT2D eigenvalue weighted by molar-refractivity contribution is 0.0586. The van der Waals surface area contributed by atoms with Crippen LogP contribution in [0.3, 0.4) is 0 Å². The van der Waals surface area contributed by atoms with Crippen molar-refractivity contribution in [3.63, 3.8) is 0 Å². The Bertz CT molecular complexity index is 329. The largest absolute Gasteiger partial charge is 0.330 e. The van der Waals surface area contributed by atoms with Crippen LogP contribution >= 0.6 is 7.60 Å². The van der Waals surface area contributed by atoms with Crippen molar-refractivity contribution < 1.29 is 13.6 Å². The molecule has 22 heavy (non-hydrogen) atoms. The van der Waals surface area contributed by atoms with E-state index in [1.807, 2.05) is 6.92 Å². The smallest absolute Gasteiger partial charge is 0.305 e. The standard InChI is InChI=1S/C18H35O3P/c1-4-22(19,20-15(2)17-11-7-5-8-12-17)21-16(3)18-13-9-6-10-14-18/h15-18H,4-14H2,1-3H3. The summed E-state index contributed by atoms with van der Waals surface area (Å²) in [5, 5.41) is 0. The van der Waals surface area contributed by atoms with Gasteiger partial charge in [0.1, 0.15) is 0 Å². The van der Waals surface area contributed by atoms with Gasteiger partial charge in [-0.1, -0.05) is 45.4 Å². The lowest BCUT2D eigenvalue weighted by Crippen LogP contribution is -2.26. The molecular weight excluding hydrogens is 295 g/mol. The average Bonchev–Trinajstić information content (AvgIpc) is 2.56. The molecule has 2 fully saturated rings. The second kappa shape index (κ2) is 8.85. The Hall–Kier alpha value is 0.150. The van der Waals surface area contributed by atoms with Crippen molar-refractivity contribution in [2.45, 2.75) is 97.2 Å². The van der Waals surface area contributed by atoms with E-state index in [4.69, 9.17) is 9.05 Å². The van der Waals surface area contributed by atoms with Gasteiger partial charge in [0.2, 0.25) is 0 Å². The fraction of sp³-hybridized carbons (Fsp3) is 1.00. The van der Waals surface area contributed by atoms with Crippen LogP contribution in [0.4, 0.5) is 0 Å². The summed E-state index contributed by atoms with van der Waals surface area (Å²) in [6.07, 6.45) is 13.3. The van der Waals surface area contributed by atoms with Gasteiger partial charge in [-0.25, -0.2) is 0 Å². The maximum Gasteiger partial charge on any atom is 0.330 e. The molecule has 3 nitrogen and oxygen atoms in total. The minimum atomic E-state index is -2.95. The second-order valence-corrected chi connectivity index (χ2v) is 9.62. The molecular formula is C18H35O3P. The summed E-state index contributed by atoms with van der Waals surface area (Å²) in [5.74, 6) is 1.12. The van der Waals surface area contributed by atoms with E-state index in [9.17, 15) is 4.57 Å². The highest BCUT2D eigenvalue weighted by molar-refractivity contribution is 7.53. The highest BCUT2D eigenvalue weighted by atomic mass is 31.2. The van der Waals surface area contributed by atoms with Gasteiger partial charge in [0.05, 0.1) is 12.2 Å². The molecule has 2 saturated carbocycles. The zero-order valence-electron chi connectivity index (χ0n) is 14.8. The summed E-state index contributed by atoms with van der Waals surface area (Å²) < 4.78 is 25.1. The van der Waals surface area contributed by atoms with Crippen molar-refractivity contribution in [3.05, 3.63) is 0 Å². The minimum Gasteiger partial charge on any atom is -0.305 e. The molecule has 2 atom stereocenters. The van der Waals surface area contributed by atoms with Crippen LogP contribution in [-0.2, 0) is 13.6 Å². The molecule has 4 heteroatoms. The van der Waals surface area contributed by atoms with Crippen LogP contribution in [0, 0.1) is 11.8 Å². The lowest BCUT2D eigenvalue weighted by Gasteiger charge is -2.33. The molecule has 0 N–H and O–H groups in total.